The van der Waals surface area contributed by atoms with E-state index >= 15 is 0 Å². The SMILES string of the molecule is CCC(F)(F)C[C@H](N[C@@H](c1ccccc1)C(F)(F)F)C(=O)NC1(C#N)CC1. The van der Waals surface area contributed by atoms with E-state index in [2.05, 4.69) is 5.32 Å². The molecule has 0 saturated heterocycles. The van der Waals surface area contributed by atoms with E-state index in [1.165, 1.54) is 37.3 Å². The molecule has 0 heterocycles. The van der Waals surface area contributed by atoms with Crippen molar-refractivity contribution in [3.63, 3.8) is 0 Å². The van der Waals surface area contributed by atoms with Gasteiger partial charge in [0, 0.05) is 12.8 Å². The standard InChI is InChI=1S/C18H20F5N3O/c1-2-17(19,20)10-13(15(27)26-16(11-24)8-9-16)25-14(18(21,22)23)12-6-4-3-5-7-12/h3-7,13-14,25H,2,8-10H2,1H3,(H,26,27)/t13-,14-/m0/s1. The van der Waals surface area contributed by atoms with Crippen molar-refractivity contribution in [2.75, 3.05) is 0 Å². The molecule has 2 rings (SSSR count). The Morgan fingerprint density at radius 3 is 2.26 bits per heavy atom. The van der Waals surface area contributed by atoms with Crippen molar-refractivity contribution in [2.45, 2.75) is 62.3 Å². The van der Waals surface area contributed by atoms with Crippen molar-refractivity contribution in [3.8, 4) is 6.07 Å². The smallest absolute Gasteiger partial charge is 0.336 e. The van der Waals surface area contributed by atoms with Crippen molar-refractivity contribution in [3.05, 3.63) is 35.9 Å². The molecule has 4 nitrogen and oxygen atoms in total. The Balaban J connectivity index is 2.28. The third-order valence-corrected chi connectivity index (χ3v) is 4.49. The zero-order valence-corrected chi connectivity index (χ0v) is 14.6. The van der Waals surface area contributed by atoms with Gasteiger partial charge in [0.25, 0.3) is 0 Å². The number of benzene rings is 1. The predicted octanol–water partition coefficient (Wildman–Crippen LogP) is 3.86. The zero-order chi connectivity index (χ0) is 20.3. The molecule has 2 N–H and O–H groups in total. The number of hydrogen-bond acceptors (Lipinski definition) is 3. The van der Waals surface area contributed by atoms with Crippen LogP contribution in [-0.4, -0.2) is 29.6 Å². The Kier molecular flexibility index (Phi) is 6.10. The van der Waals surface area contributed by atoms with E-state index in [0.717, 1.165) is 0 Å². The molecule has 0 aliphatic heterocycles. The first-order valence-corrected chi connectivity index (χ1v) is 8.51. The molecule has 1 aromatic carbocycles. The molecule has 1 saturated carbocycles. The van der Waals surface area contributed by atoms with Crippen LogP contribution in [0, 0.1) is 11.3 Å². The van der Waals surface area contributed by atoms with Gasteiger partial charge in [-0.05, 0) is 18.4 Å². The lowest BCUT2D eigenvalue weighted by Crippen LogP contribution is -2.53. The number of nitrogens with zero attached hydrogens (tertiary/aromatic N) is 1. The number of alkyl halides is 5. The lowest BCUT2D eigenvalue weighted by atomic mass is 10.0. The van der Waals surface area contributed by atoms with Crippen LogP contribution in [0.2, 0.25) is 0 Å². The second-order valence-electron chi connectivity index (χ2n) is 6.70. The van der Waals surface area contributed by atoms with Gasteiger partial charge in [-0.3, -0.25) is 10.1 Å². The van der Waals surface area contributed by atoms with Crippen molar-refractivity contribution in [2.24, 2.45) is 0 Å². The Morgan fingerprint density at radius 2 is 1.81 bits per heavy atom. The van der Waals surface area contributed by atoms with Crippen LogP contribution >= 0.6 is 0 Å². The lowest BCUT2D eigenvalue weighted by molar-refractivity contribution is -0.163. The Labute approximate surface area is 153 Å². The van der Waals surface area contributed by atoms with E-state index in [0.29, 0.717) is 12.8 Å². The summed E-state index contributed by atoms with van der Waals surface area (Å²) >= 11 is 0. The van der Waals surface area contributed by atoms with Crippen molar-refractivity contribution >= 4 is 5.91 Å². The largest absolute Gasteiger partial charge is 0.407 e. The highest BCUT2D eigenvalue weighted by molar-refractivity contribution is 5.83. The predicted molar refractivity (Wildman–Crippen MR) is 87.7 cm³/mol. The molecule has 27 heavy (non-hydrogen) atoms. The summed E-state index contributed by atoms with van der Waals surface area (Å²) in [6.45, 7) is 1.19. The van der Waals surface area contributed by atoms with Gasteiger partial charge in [-0.1, -0.05) is 37.3 Å². The van der Waals surface area contributed by atoms with E-state index in [1.807, 2.05) is 11.4 Å². The van der Waals surface area contributed by atoms with Crippen LogP contribution in [0.3, 0.4) is 0 Å². The quantitative estimate of drug-likeness (QED) is 0.664. The van der Waals surface area contributed by atoms with Gasteiger partial charge in [-0.15, -0.1) is 0 Å². The number of hydrogen-bond donors (Lipinski definition) is 2. The molecule has 1 aliphatic carbocycles. The first-order chi connectivity index (χ1) is 12.5. The maximum atomic E-state index is 13.9. The summed E-state index contributed by atoms with van der Waals surface area (Å²) in [5, 5.41) is 13.4. The van der Waals surface area contributed by atoms with Crippen molar-refractivity contribution in [1.29, 1.82) is 5.26 Å². The first kappa shape index (κ1) is 21.1. The Morgan fingerprint density at radius 1 is 1.22 bits per heavy atom. The fourth-order valence-corrected chi connectivity index (χ4v) is 2.61. The van der Waals surface area contributed by atoms with E-state index in [1.54, 1.807) is 0 Å². The van der Waals surface area contributed by atoms with Crippen LogP contribution < -0.4 is 10.6 Å². The van der Waals surface area contributed by atoms with E-state index in [-0.39, 0.29) is 5.56 Å². The monoisotopic (exact) mass is 389 g/mol. The molecule has 1 aromatic rings. The molecular formula is C18H20F5N3O. The van der Waals surface area contributed by atoms with Crippen LogP contribution in [0.4, 0.5) is 22.0 Å². The maximum Gasteiger partial charge on any atom is 0.407 e. The minimum atomic E-state index is -4.80. The molecule has 2 atom stereocenters. The van der Waals surface area contributed by atoms with Gasteiger partial charge in [0.2, 0.25) is 11.8 Å². The summed E-state index contributed by atoms with van der Waals surface area (Å²) in [6, 6.07) is 4.47. The van der Waals surface area contributed by atoms with Gasteiger partial charge < -0.3 is 5.32 Å². The highest BCUT2D eigenvalue weighted by atomic mass is 19.4. The zero-order valence-electron chi connectivity index (χ0n) is 14.6. The molecule has 0 unspecified atom stereocenters. The van der Waals surface area contributed by atoms with Gasteiger partial charge in [0.05, 0.1) is 12.1 Å². The first-order valence-electron chi connectivity index (χ1n) is 8.51. The van der Waals surface area contributed by atoms with Gasteiger partial charge in [0.15, 0.2) is 0 Å². The summed E-state index contributed by atoms with van der Waals surface area (Å²) in [5.41, 5.74) is -1.36. The minimum Gasteiger partial charge on any atom is -0.336 e. The van der Waals surface area contributed by atoms with Crippen LogP contribution in [0.25, 0.3) is 0 Å². The molecular weight excluding hydrogens is 369 g/mol. The molecule has 9 heteroatoms. The lowest BCUT2D eigenvalue weighted by Gasteiger charge is -2.30. The third kappa shape index (κ3) is 5.63. The number of nitriles is 1. The minimum absolute atomic E-state index is 0.191. The molecule has 0 spiro atoms. The van der Waals surface area contributed by atoms with Gasteiger partial charge in [-0.25, -0.2) is 8.78 Å². The second kappa shape index (κ2) is 7.80. The number of amides is 1. The normalized spacial score (nSPS) is 18.3. The number of carbonyl (C=O) groups excluding carboxylic acids is 1. The highest BCUT2D eigenvalue weighted by Gasteiger charge is 2.49. The molecule has 1 aliphatic rings. The molecule has 1 amide bonds. The molecule has 0 aromatic heterocycles. The van der Waals surface area contributed by atoms with Crippen molar-refractivity contribution < 1.29 is 26.7 Å². The van der Waals surface area contributed by atoms with E-state index < -0.39 is 48.5 Å². The highest BCUT2D eigenvalue weighted by Crippen LogP contribution is 2.36. The average Bonchev–Trinajstić information content (AvgIpc) is 3.38. The number of carbonyl (C=O) groups is 1. The topological polar surface area (TPSA) is 64.9 Å². The molecule has 148 valence electrons. The van der Waals surface area contributed by atoms with E-state index in [9.17, 15) is 26.7 Å². The Hall–Kier alpha value is -2.21. The summed E-state index contributed by atoms with van der Waals surface area (Å²) in [4.78, 5) is 12.4. The number of rotatable bonds is 8. The van der Waals surface area contributed by atoms with Gasteiger partial charge >= 0.3 is 6.18 Å². The molecule has 1 fully saturated rings. The average molecular weight is 389 g/mol. The van der Waals surface area contributed by atoms with Crippen LogP contribution in [-0.2, 0) is 4.79 Å². The van der Waals surface area contributed by atoms with E-state index in [4.69, 9.17) is 5.26 Å². The Bertz CT molecular complexity index is 695. The van der Waals surface area contributed by atoms with Crippen molar-refractivity contribution in [1.82, 2.24) is 10.6 Å². The maximum absolute atomic E-state index is 13.9. The van der Waals surface area contributed by atoms with Crippen LogP contribution in [0.15, 0.2) is 30.3 Å². The summed E-state index contributed by atoms with van der Waals surface area (Å²) in [5.74, 6) is -4.36. The van der Waals surface area contributed by atoms with Crippen LogP contribution in [0.1, 0.15) is 44.2 Å². The van der Waals surface area contributed by atoms with Gasteiger partial charge in [0.1, 0.15) is 11.6 Å². The number of nitrogens with one attached hydrogen (secondary N) is 2. The summed E-state index contributed by atoms with van der Waals surface area (Å²) in [7, 11) is 0. The summed E-state index contributed by atoms with van der Waals surface area (Å²) < 4.78 is 68.3. The summed E-state index contributed by atoms with van der Waals surface area (Å²) in [6.07, 6.45) is -5.84. The molecule has 0 radical (unpaired) electrons. The van der Waals surface area contributed by atoms with Gasteiger partial charge in [-0.2, -0.15) is 18.4 Å². The molecule has 0 bridgehead atoms. The third-order valence-electron chi connectivity index (χ3n) is 4.49. The fourth-order valence-electron chi connectivity index (χ4n) is 2.61. The second-order valence-corrected chi connectivity index (χ2v) is 6.70. The number of halogens is 5. The van der Waals surface area contributed by atoms with Crippen LogP contribution in [0.5, 0.6) is 0 Å². The fraction of sp³-hybridized carbons (Fsp3) is 0.556.